The fraction of sp³-hybridized carbons (Fsp3) is 0.364. The first-order chi connectivity index (χ1) is 15.8. The second kappa shape index (κ2) is 9.26. The van der Waals surface area contributed by atoms with Gasteiger partial charge in [-0.25, -0.2) is 19.2 Å². The number of hydrogen-bond acceptors (Lipinski definition) is 8. The van der Waals surface area contributed by atoms with Crippen LogP contribution in [0.5, 0.6) is 0 Å². The van der Waals surface area contributed by atoms with Crippen molar-refractivity contribution < 1.29 is 8.91 Å². The van der Waals surface area contributed by atoms with Crippen LogP contribution in [0.25, 0.3) is 22.4 Å². The highest BCUT2D eigenvalue weighted by Gasteiger charge is 2.20. The minimum absolute atomic E-state index is 0.00327. The van der Waals surface area contributed by atoms with E-state index in [9.17, 15) is 14.0 Å². The van der Waals surface area contributed by atoms with E-state index < -0.39 is 11.2 Å². The van der Waals surface area contributed by atoms with Gasteiger partial charge in [-0.1, -0.05) is 37.7 Å². The maximum atomic E-state index is 13.2. The van der Waals surface area contributed by atoms with E-state index in [0.29, 0.717) is 52.1 Å². The zero-order valence-electron chi connectivity index (χ0n) is 18.7. The fourth-order valence-electron chi connectivity index (χ4n) is 3.30. The van der Waals surface area contributed by atoms with Crippen LogP contribution >= 0.6 is 11.8 Å². The number of nitrogens with zero attached hydrogens (tertiary/aromatic N) is 6. The summed E-state index contributed by atoms with van der Waals surface area (Å²) in [6.07, 6.45) is 0.713. The monoisotopic (exact) mass is 470 g/mol. The third-order valence-corrected chi connectivity index (χ3v) is 5.99. The summed E-state index contributed by atoms with van der Waals surface area (Å²) in [4.78, 5) is 39.3. The van der Waals surface area contributed by atoms with Gasteiger partial charge in [-0.2, -0.15) is 4.98 Å². The van der Waals surface area contributed by atoms with Crippen LogP contribution in [-0.4, -0.2) is 29.2 Å². The van der Waals surface area contributed by atoms with Crippen LogP contribution in [0, 0.1) is 5.82 Å². The zero-order valence-corrected chi connectivity index (χ0v) is 19.5. The molecule has 1 aromatic carbocycles. The first kappa shape index (κ1) is 22.8. The Morgan fingerprint density at radius 3 is 2.52 bits per heavy atom. The highest BCUT2D eigenvalue weighted by molar-refractivity contribution is 7.98. The molecule has 3 heterocycles. The highest BCUT2D eigenvalue weighted by Crippen LogP contribution is 2.28. The molecule has 11 heteroatoms. The molecule has 0 unspecified atom stereocenters. The van der Waals surface area contributed by atoms with Gasteiger partial charge >= 0.3 is 5.69 Å². The average Bonchev–Trinajstić information content (AvgIpc) is 3.28. The maximum Gasteiger partial charge on any atom is 0.332 e. The summed E-state index contributed by atoms with van der Waals surface area (Å²) in [5.74, 6) is 1.12. The topological polar surface area (TPSA) is 109 Å². The van der Waals surface area contributed by atoms with Gasteiger partial charge in [-0.3, -0.25) is 13.9 Å². The molecule has 0 bridgehead atoms. The molecular weight excluding hydrogens is 447 g/mol. The summed E-state index contributed by atoms with van der Waals surface area (Å²) < 4.78 is 21.1. The van der Waals surface area contributed by atoms with E-state index in [1.807, 2.05) is 20.8 Å². The first-order valence-electron chi connectivity index (χ1n) is 10.5. The van der Waals surface area contributed by atoms with Gasteiger partial charge in [0.15, 0.2) is 5.65 Å². The van der Waals surface area contributed by atoms with Crippen molar-refractivity contribution in [3.63, 3.8) is 0 Å². The number of aromatic nitrogens is 6. The molecule has 0 fully saturated rings. The van der Waals surface area contributed by atoms with E-state index >= 15 is 0 Å². The van der Waals surface area contributed by atoms with Gasteiger partial charge in [0.25, 0.3) is 5.56 Å². The first-order valence-corrected chi connectivity index (χ1v) is 11.5. The molecule has 3 aromatic heterocycles. The third kappa shape index (κ3) is 4.45. The number of thioether (sulfide) groups is 1. The second-order valence-electron chi connectivity index (χ2n) is 7.85. The highest BCUT2D eigenvalue weighted by atomic mass is 32.2. The Kier molecular flexibility index (Phi) is 6.41. The van der Waals surface area contributed by atoms with Crippen LogP contribution in [-0.2, 0) is 19.3 Å². The van der Waals surface area contributed by atoms with E-state index in [4.69, 9.17) is 4.52 Å². The van der Waals surface area contributed by atoms with Crippen molar-refractivity contribution in [3.05, 3.63) is 62.6 Å². The minimum atomic E-state index is -0.447. The molecule has 9 nitrogen and oxygen atoms in total. The number of aryl methyl sites for hydroxylation is 1. The molecular formula is C22H23FN6O3S. The van der Waals surface area contributed by atoms with Gasteiger partial charge in [-0.15, -0.1) is 0 Å². The molecule has 0 aliphatic rings. The van der Waals surface area contributed by atoms with Crippen LogP contribution in [0.4, 0.5) is 4.39 Å². The standard InChI is InChI=1S/C22H23FN6O3S/c1-5-10-29-19-16(21(30)28(4)22(29)31)20(26-17(25-19)12(2)3)33-11-15-24-18(27-32-15)13-6-8-14(23)9-7-13/h6-9,12H,5,10-11H2,1-4H3. The Morgan fingerprint density at radius 2 is 1.85 bits per heavy atom. The Morgan fingerprint density at radius 1 is 1.12 bits per heavy atom. The van der Waals surface area contributed by atoms with Gasteiger partial charge in [0, 0.05) is 25.1 Å². The average molecular weight is 471 g/mol. The lowest BCUT2D eigenvalue weighted by Gasteiger charge is -2.14. The largest absolute Gasteiger partial charge is 0.338 e. The smallest absolute Gasteiger partial charge is 0.332 e. The summed E-state index contributed by atoms with van der Waals surface area (Å²) in [6, 6.07) is 5.79. The van der Waals surface area contributed by atoms with Crippen molar-refractivity contribution in [2.24, 2.45) is 7.05 Å². The summed E-state index contributed by atoms with van der Waals surface area (Å²) in [5, 5.41) is 4.70. The molecule has 0 aliphatic heterocycles. The molecule has 0 spiro atoms. The summed E-state index contributed by atoms with van der Waals surface area (Å²) >= 11 is 1.27. The molecule has 0 radical (unpaired) electrons. The Bertz CT molecular complexity index is 1430. The van der Waals surface area contributed by atoms with E-state index in [2.05, 4.69) is 20.1 Å². The minimum Gasteiger partial charge on any atom is -0.338 e. The molecule has 0 atom stereocenters. The summed E-state index contributed by atoms with van der Waals surface area (Å²) in [7, 11) is 1.45. The van der Waals surface area contributed by atoms with Crippen LogP contribution < -0.4 is 11.2 Å². The van der Waals surface area contributed by atoms with Crippen LogP contribution in [0.15, 0.2) is 43.4 Å². The van der Waals surface area contributed by atoms with Crippen molar-refractivity contribution in [3.8, 4) is 11.4 Å². The third-order valence-electron chi connectivity index (χ3n) is 5.03. The van der Waals surface area contributed by atoms with E-state index in [1.54, 1.807) is 12.1 Å². The summed E-state index contributed by atoms with van der Waals surface area (Å²) in [5.41, 5.74) is 0.115. The van der Waals surface area contributed by atoms with E-state index in [1.165, 1.54) is 35.5 Å². The van der Waals surface area contributed by atoms with Crippen LogP contribution in [0.3, 0.4) is 0 Å². The number of hydrogen-bond donors (Lipinski definition) is 0. The molecule has 4 rings (SSSR count). The van der Waals surface area contributed by atoms with E-state index in [0.717, 1.165) is 4.57 Å². The van der Waals surface area contributed by atoms with Gasteiger partial charge in [0.2, 0.25) is 11.7 Å². The summed E-state index contributed by atoms with van der Waals surface area (Å²) in [6.45, 7) is 6.29. The molecule has 0 amide bonds. The van der Waals surface area contributed by atoms with Crippen molar-refractivity contribution >= 4 is 22.8 Å². The lowest BCUT2D eigenvalue weighted by molar-refractivity contribution is 0.391. The molecule has 0 N–H and O–H groups in total. The predicted octanol–water partition coefficient (Wildman–Crippen LogP) is 3.51. The fourth-order valence-corrected chi connectivity index (χ4v) is 4.16. The predicted molar refractivity (Wildman–Crippen MR) is 123 cm³/mol. The van der Waals surface area contributed by atoms with Gasteiger partial charge in [0.1, 0.15) is 22.1 Å². The number of rotatable bonds is 7. The van der Waals surface area contributed by atoms with Crippen molar-refractivity contribution in [1.29, 1.82) is 0 Å². The van der Waals surface area contributed by atoms with E-state index in [-0.39, 0.29) is 17.5 Å². The zero-order chi connectivity index (χ0) is 23.7. The van der Waals surface area contributed by atoms with Crippen LogP contribution in [0.1, 0.15) is 44.8 Å². The Balaban J connectivity index is 1.75. The SMILES string of the molecule is CCCn1c(=O)n(C)c(=O)c2c(SCc3nc(-c4ccc(F)cc4)no3)nc(C(C)C)nc21. The van der Waals surface area contributed by atoms with Crippen molar-refractivity contribution in [2.75, 3.05) is 0 Å². The van der Waals surface area contributed by atoms with Gasteiger partial charge in [-0.05, 0) is 30.7 Å². The molecule has 0 saturated heterocycles. The maximum absolute atomic E-state index is 13.2. The van der Waals surface area contributed by atoms with Crippen LogP contribution in [0.2, 0.25) is 0 Å². The number of benzene rings is 1. The Labute approximate surface area is 192 Å². The van der Waals surface area contributed by atoms with Crippen molar-refractivity contribution in [1.82, 2.24) is 29.2 Å². The van der Waals surface area contributed by atoms with Gasteiger partial charge in [0.05, 0.1) is 5.75 Å². The molecule has 172 valence electrons. The van der Waals surface area contributed by atoms with Gasteiger partial charge < -0.3 is 4.52 Å². The lowest BCUT2D eigenvalue weighted by Crippen LogP contribution is -2.39. The molecule has 0 saturated carbocycles. The number of fused-ring (bicyclic) bond motifs is 1. The molecule has 0 aliphatic carbocycles. The van der Waals surface area contributed by atoms with Crippen molar-refractivity contribution in [2.45, 2.75) is 50.4 Å². The number of halogens is 1. The normalized spacial score (nSPS) is 11.6. The Hall–Kier alpha value is -3.34. The second-order valence-corrected chi connectivity index (χ2v) is 8.81. The molecule has 4 aromatic rings. The molecule has 33 heavy (non-hydrogen) atoms. The lowest BCUT2D eigenvalue weighted by atomic mass is 10.2. The quantitative estimate of drug-likeness (QED) is 0.298.